The molecule has 0 spiro atoms. The molecule has 2 aliphatic rings. The predicted molar refractivity (Wildman–Crippen MR) is 110 cm³/mol. The van der Waals surface area contributed by atoms with E-state index in [0.29, 0.717) is 33.7 Å². The van der Waals surface area contributed by atoms with E-state index in [2.05, 4.69) is 20.3 Å². The summed E-state index contributed by atoms with van der Waals surface area (Å²) in [6, 6.07) is 5.55. The van der Waals surface area contributed by atoms with Crippen molar-refractivity contribution in [2.45, 2.75) is 31.2 Å². The highest BCUT2D eigenvalue weighted by Crippen LogP contribution is 2.35. The van der Waals surface area contributed by atoms with Crippen molar-refractivity contribution < 1.29 is 37.4 Å². The maximum atomic E-state index is 11.4. The van der Waals surface area contributed by atoms with Crippen LogP contribution in [0.2, 0.25) is 0 Å². The van der Waals surface area contributed by atoms with Crippen LogP contribution in [0.1, 0.15) is 11.8 Å². The number of hydrogen-bond donors (Lipinski definition) is 4. The lowest BCUT2D eigenvalue weighted by molar-refractivity contribution is -0.0723. The Hall–Kier alpha value is -3.08. The molecular formula is C18H20N6O8S. The number of nitrogens with zero attached hydrogens (tertiary/aromatic N) is 5. The summed E-state index contributed by atoms with van der Waals surface area (Å²) in [5.41, 5.74) is 1.57. The highest BCUT2D eigenvalue weighted by atomic mass is 32.2. The Bertz CT molecular complexity index is 1300. The second-order valence-corrected chi connectivity index (χ2v) is 8.95. The number of rotatable bonds is 6. The molecule has 4 atom stereocenters. The first-order chi connectivity index (χ1) is 15.7. The molecule has 176 valence electrons. The van der Waals surface area contributed by atoms with Crippen LogP contribution in [0, 0.1) is 0 Å². The van der Waals surface area contributed by atoms with Gasteiger partial charge in [0.05, 0.1) is 6.33 Å². The summed E-state index contributed by atoms with van der Waals surface area (Å²) in [7, 11) is -3.64. The van der Waals surface area contributed by atoms with Gasteiger partial charge in [0.15, 0.2) is 40.9 Å². The number of likely N-dealkylation sites (N-methyl/N-ethyl adjacent to an activating group) is 1. The number of aromatic nitrogens is 4. The minimum absolute atomic E-state index is 0.181. The van der Waals surface area contributed by atoms with Crippen molar-refractivity contribution in [3.8, 4) is 11.5 Å². The molecule has 1 fully saturated rings. The van der Waals surface area contributed by atoms with Crippen LogP contribution >= 0.6 is 0 Å². The predicted octanol–water partition coefficient (Wildman–Crippen LogP) is -0.522. The maximum Gasteiger partial charge on any atom is 0.337 e. The van der Waals surface area contributed by atoms with Gasteiger partial charge in [-0.3, -0.25) is 9.12 Å². The summed E-state index contributed by atoms with van der Waals surface area (Å²) in [5.74, 6) is 1.75. The zero-order chi connectivity index (χ0) is 23.3. The van der Waals surface area contributed by atoms with Gasteiger partial charge in [-0.15, -0.1) is 0 Å². The Balaban J connectivity index is 1.38. The fraction of sp³-hybridized carbons (Fsp3) is 0.389. The average Bonchev–Trinajstić information content (AvgIpc) is 3.49. The average molecular weight is 480 g/mol. The van der Waals surface area contributed by atoms with Crippen molar-refractivity contribution >= 4 is 27.3 Å². The summed E-state index contributed by atoms with van der Waals surface area (Å²) in [5, 5.41) is 23.9. The fourth-order valence-corrected chi connectivity index (χ4v) is 4.14. The minimum Gasteiger partial charge on any atom is -0.454 e. The van der Waals surface area contributed by atoms with Crippen LogP contribution in [0.4, 0.5) is 5.82 Å². The lowest BCUT2D eigenvalue weighted by Gasteiger charge is -2.22. The maximum absolute atomic E-state index is 11.4. The second kappa shape index (κ2) is 8.05. The lowest BCUT2D eigenvalue weighted by atomic mass is 10.2. The molecule has 2 aliphatic heterocycles. The van der Waals surface area contributed by atoms with Crippen molar-refractivity contribution in [3.63, 3.8) is 0 Å². The van der Waals surface area contributed by atoms with Crippen LogP contribution < -0.4 is 14.8 Å². The van der Waals surface area contributed by atoms with E-state index in [9.17, 15) is 23.2 Å². The molecule has 3 aromatic rings. The van der Waals surface area contributed by atoms with E-state index in [0.717, 1.165) is 12.6 Å². The Morgan fingerprint density at radius 1 is 1.18 bits per heavy atom. The van der Waals surface area contributed by atoms with Gasteiger partial charge in [-0.05, 0) is 17.7 Å². The first-order valence-electron chi connectivity index (χ1n) is 9.76. The largest absolute Gasteiger partial charge is 0.454 e. The first-order valence-corrected chi connectivity index (χ1v) is 11.2. The Kier molecular flexibility index (Phi) is 5.31. The van der Waals surface area contributed by atoms with Crippen molar-refractivity contribution in [2.75, 3.05) is 19.2 Å². The summed E-state index contributed by atoms with van der Waals surface area (Å²) in [4.78, 5) is 12.7. The molecule has 0 amide bonds. The van der Waals surface area contributed by atoms with Gasteiger partial charge in [-0.1, -0.05) is 6.07 Å². The number of benzene rings is 1. The third kappa shape index (κ3) is 3.84. The van der Waals surface area contributed by atoms with E-state index in [-0.39, 0.29) is 12.4 Å². The van der Waals surface area contributed by atoms with Crippen molar-refractivity contribution in [1.82, 2.24) is 23.8 Å². The molecule has 0 aliphatic carbocycles. The van der Waals surface area contributed by atoms with Gasteiger partial charge >= 0.3 is 10.3 Å². The molecule has 4 heterocycles. The van der Waals surface area contributed by atoms with Crippen LogP contribution in [0.25, 0.3) is 11.2 Å². The molecular weight excluding hydrogens is 460 g/mol. The number of fused-ring (bicyclic) bond motifs is 2. The molecule has 4 N–H and O–H groups in total. The van der Waals surface area contributed by atoms with Gasteiger partial charge < -0.3 is 29.7 Å². The topological polar surface area (TPSA) is 181 Å². The van der Waals surface area contributed by atoms with Gasteiger partial charge in [-0.2, -0.15) is 12.7 Å². The number of hydrogen-bond acceptors (Lipinski definition) is 11. The molecule has 1 saturated heterocycles. The van der Waals surface area contributed by atoms with Crippen LogP contribution in [0.15, 0.2) is 30.9 Å². The monoisotopic (exact) mass is 480 g/mol. The molecule has 33 heavy (non-hydrogen) atoms. The van der Waals surface area contributed by atoms with Crippen LogP contribution in [-0.4, -0.2) is 79.3 Å². The third-order valence-electron chi connectivity index (χ3n) is 5.47. The van der Waals surface area contributed by atoms with Crippen LogP contribution in [0.3, 0.4) is 0 Å². The minimum atomic E-state index is -4.66. The molecule has 5 rings (SSSR count). The quantitative estimate of drug-likeness (QED) is 0.332. The van der Waals surface area contributed by atoms with Crippen molar-refractivity contribution in [1.29, 1.82) is 0 Å². The van der Waals surface area contributed by atoms with Crippen molar-refractivity contribution in [3.05, 3.63) is 36.4 Å². The number of aliphatic hydroxyl groups excluding tert-OH is 2. The van der Waals surface area contributed by atoms with Gasteiger partial charge in [0.1, 0.15) is 18.5 Å². The standard InChI is InChI=1S/C18H20N6O8S/c1-23(33(27,28)29)17-13(25)14(26)18(32-17)24-7-22-12-15(20-6-21-16(12)24)19-5-9-2-3-10-11(4-9)31-8-30-10/h2-4,6-7,13-14,17-18,25-26H,5,8H2,1H3,(H,19,20,21)(H,27,28,29)/t13-,14+,17+,18+/m0/s1. The fourth-order valence-electron chi connectivity index (χ4n) is 3.71. The Labute approximate surface area is 187 Å². The molecule has 0 bridgehead atoms. The Morgan fingerprint density at radius 3 is 2.76 bits per heavy atom. The summed E-state index contributed by atoms with van der Waals surface area (Å²) in [6.45, 7) is 0.582. The van der Waals surface area contributed by atoms with E-state index in [4.69, 9.17) is 14.2 Å². The summed E-state index contributed by atoms with van der Waals surface area (Å²) in [6.07, 6.45) is -3.23. The molecule has 1 aromatic carbocycles. The number of imidazole rings is 1. The summed E-state index contributed by atoms with van der Waals surface area (Å²) < 4.78 is 50.1. The normalized spacial score (nSPS) is 24.6. The number of ether oxygens (including phenoxy) is 3. The first kappa shape index (κ1) is 21.7. The third-order valence-corrected chi connectivity index (χ3v) is 6.40. The second-order valence-electron chi connectivity index (χ2n) is 7.48. The molecule has 0 radical (unpaired) electrons. The van der Waals surface area contributed by atoms with Crippen LogP contribution in [-0.2, 0) is 21.6 Å². The molecule has 15 heteroatoms. The SMILES string of the molecule is CN([C@@H]1O[C@@H](n2cnc3c(NCc4ccc5c(c4)OCO5)ncnc32)[C@H](O)[C@@H]1O)S(=O)(=O)O. The number of anilines is 1. The van der Waals surface area contributed by atoms with Gasteiger partial charge in [-0.25, -0.2) is 15.0 Å². The highest BCUT2D eigenvalue weighted by Gasteiger charge is 2.48. The number of aliphatic hydroxyl groups is 2. The number of nitrogens with one attached hydrogen (secondary N) is 1. The summed E-state index contributed by atoms with van der Waals surface area (Å²) >= 11 is 0. The van der Waals surface area contributed by atoms with Gasteiger partial charge in [0.2, 0.25) is 6.79 Å². The van der Waals surface area contributed by atoms with E-state index >= 15 is 0 Å². The van der Waals surface area contributed by atoms with Gasteiger partial charge in [0.25, 0.3) is 0 Å². The van der Waals surface area contributed by atoms with E-state index < -0.39 is 35.0 Å². The van der Waals surface area contributed by atoms with E-state index in [1.165, 1.54) is 17.2 Å². The molecule has 0 saturated carbocycles. The van der Waals surface area contributed by atoms with Crippen molar-refractivity contribution in [2.24, 2.45) is 0 Å². The molecule has 14 nitrogen and oxygen atoms in total. The van der Waals surface area contributed by atoms with E-state index in [1.807, 2.05) is 18.2 Å². The molecule has 0 unspecified atom stereocenters. The zero-order valence-electron chi connectivity index (χ0n) is 17.1. The van der Waals surface area contributed by atoms with Gasteiger partial charge in [0, 0.05) is 13.6 Å². The van der Waals surface area contributed by atoms with E-state index in [1.54, 1.807) is 0 Å². The molecule has 2 aromatic heterocycles. The van der Waals surface area contributed by atoms with Crippen LogP contribution in [0.5, 0.6) is 11.5 Å². The lowest BCUT2D eigenvalue weighted by Crippen LogP contribution is -2.44. The Morgan fingerprint density at radius 2 is 1.97 bits per heavy atom. The highest BCUT2D eigenvalue weighted by molar-refractivity contribution is 7.83. The zero-order valence-corrected chi connectivity index (χ0v) is 18.0. The smallest absolute Gasteiger partial charge is 0.337 e.